The largest absolute Gasteiger partial charge is 0.418 e. The first-order valence-corrected chi connectivity index (χ1v) is 9.46. The predicted octanol–water partition coefficient (Wildman–Crippen LogP) is 1.63. The number of hydroxylamine groups is 2. The van der Waals surface area contributed by atoms with Crippen LogP contribution in [0.3, 0.4) is 0 Å². The minimum absolute atomic E-state index is 0.352. The number of hydrogen-bond acceptors (Lipinski definition) is 7. The van der Waals surface area contributed by atoms with Gasteiger partial charge in [0.05, 0.1) is 0 Å². The molecule has 0 bridgehead atoms. The molecule has 2 atom stereocenters. The summed E-state index contributed by atoms with van der Waals surface area (Å²) in [6.45, 7) is 4.89. The lowest BCUT2D eigenvalue weighted by atomic mass is 10.0. The van der Waals surface area contributed by atoms with Gasteiger partial charge < -0.3 is 10.6 Å². The van der Waals surface area contributed by atoms with E-state index in [1.807, 2.05) is 6.92 Å². The molecule has 2 rings (SSSR count). The molecule has 23 heavy (non-hydrogen) atoms. The molecule has 2 aliphatic rings. The molecule has 0 spiro atoms. The third-order valence-electron chi connectivity index (χ3n) is 4.18. The maximum Gasteiger partial charge on any atom is 0.418 e. The van der Waals surface area contributed by atoms with E-state index in [0.29, 0.717) is 18.3 Å². The Morgan fingerprint density at radius 3 is 2.74 bits per heavy atom. The van der Waals surface area contributed by atoms with Crippen molar-refractivity contribution in [2.24, 2.45) is 10.7 Å². The maximum atomic E-state index is 11.0. The van der Waals surface area contributed by atoms with Crippen molar-refractivity contribution >= 4 is 16.2 Å². The van der Waals surface area contributed by atoms with Crippen LogP contribution in [0.4, 0.5) is 0 Å². The number of likely N-dealkylation sites (tertiary alicyclic amines) is 1. The summed E-state index contributed by atoms with van der Waals surface area (Å²) < 4.78 is 35.4. The van der Waals surface area contributed by atoms with Crippen LogP contribution in [-0.2, 0) is 14.7 Å². The molecule has 2 aliphatic heterocycles. The van der Waals surface area contributed by atoms with Gasteiger partial charge in [0.2, 0.25) is 0 Å². The molecule has 2 unspecified atom stereocenters. The Morgan fingerprint density at radius 2 is 2.09 bits per heavy atom. The second kappa shape index (κ2) is 7.61. The van der Waals surface area contributed by atoms with Crippen molar-refractivity contribution < 1.29 is 17.3 Å². The smallest absolute Gasteiger partial charge is 0.354 e. The van der Waals surface area contributed by atoms with E-state index in [2.05, 4.69) is 21.1 Å². The predicted molar refractivity (Wildman–Crippen MR) is 87.5 cm³/mol. The third kappa shape index (κ3) is 4.90. The van der Waals surface area contributed by atoms with Crippen LogP contribution in [0.15, 0.2) is 16.9 Å². The van der Waals surface area contributed by atoms with Crippen molar-refractivity contribution in [2.45, 2.75) is 64.6 Å². The highest BCUT2D eigenvalue weighted by molar-refractivity contribution is 7.80. The van der Waals surface area contributed by atoms with E-state index in [1.165, 1.54) is 19.3 Å². The van der Waals surface area contributed by atoms with Crippen molar-refractivity contribution in [1.29, 1.82) is 0 Å². The summed E-state index contributed by atoms with van der Waals surface area (Å²) in [7, 11) is -4.64. The molecule has 0 aromatic heterocycles. The maximum absolute atomic E-state index is 11.0. The molecular formula is C14H26N4O4S. The summed E-state index contributed by atoms with van der Waals surface area (Å²) >= 11 is 0. The van der Waals surface area contributed by atoms with E-state index in [4.69, 9.17) is 10.3 Å². The Balaban J connectivity index is 2.23. The standard InChI is InChI=1S/C14H26N4O4S/c1-3-13-16-14(10-12(15)18(13)22-23(19,20)21)17-9-7-5-4-6-8-11(17)2/h10-12H,3-9,15H2,1-2H3,(H,19,20,21). The lowest BCUT2D eigenvalue weighted by molar-refractivity contribution is -0.0142. The Hall–Kier alpha value is -1.16. The van der Waals surface area contributed by atoms with Crippen LogP contribution in [0.1, 0.15) is 52.4 Å². The first-order chi connectivity index (χ1) is 10.8. The fourth-order valence-corrected chi connectivity index (χ4v) is 3.38. The van der Waals surface area contributed by atoms with Gasteiger partial charge in [-0.05, 0) is 25.8 Å². The molecule has 0 amide bonds. The van der Waals surface area contributed by atoms with E-state index in [0.717, 1.165) is 30.3 Å². The summed E-state index contributed by atoms with van der Waals surface area (Å²) in [5.41, 5.74) is 6.01. The minimum atomic E-state index is -4.64. The van der Waals surface area contributed by atoms with Crippen LogP contribution in [-0.4, -0.2) is 47.5 Å². The van der Waals surface area contributed by atoms with Gasteiger partial charge in [-0.25, -0.2) is 4.99 Å². The second-order valence-electron chi connectivity index (χ2n) is 5.97. The first kappa shape index (κ1) is 18.2. The molecule has 1 fully saturated rings. The van der Waals surface area contributed by atoms with Crippen molar-refractivity contribution in [3.8, 4) is 0 Å². The number of amidine groups is 1. The highest BCUT2D eigenvalue weighted by Crippen LogP contribution is 2.25. The van der Waals surface area contributed by atoms with Gasteiger partial charge in [0.15, 0.2) is 0 Å². The monoisotopic (exact) mass is 346 g/mol. The molecule has 2 heterocycles. The van der Waals surface area contributed by atoms with Gasteiger partial charge in [-0.2, -0.15) is 13.5 Å². The van der Waals surface area contributed by atoms with E-state index >= 15 is 0 Å². The van der Waals surface area contributed by atoms with Gasteiger partial charge in [-0.3, -0.25) is 4.55 Å². The molecule has 0 aromatic carbocycles. The van der Waals surface area contributed by atoms with Crippen LogP contribution in [0.25, 0.3) is 0 Å². The number of nitrogens with zero attached hydrogens (tertiary/aromatic N) is 3. The zero-order valence-corrected chi connectivity index (χ0v) is 14.5. The molecule has 3 N–H and O–H groups in total. The highest BCUT2D eigenvalue weighted by atomic mass is 32.3. The normalized spacial score (nSPS) is 27.1. The van der Waals surface area contributed by atoms with E-state index in [9.17, 15) is 8.42 Å². The minimum Gasteiger partial charge on any atom is -0.354 e. The van der Waals surface area contributed by atoms with Gasteiger partial charge in [0.25, 0.3) is 0 Å². The molecule has 8 nitrogen and oxygen atoms in total. The van der Waals surface area contributed by atoms with Gasteiger partial charge in [0, 0.05) is 19.0 Å². The van der Waals surface area contributed by atoms with Crippen molar-refractivity contribution in [1.82, 2.24) is 9.96 Å². The SMILES string of the molecule is CCC1=NC(N2CCCCCCC2C)=CC(N)N1OS(=O)(=O)O. The van der Waals surface area contributed by atoms with Crippen LogP contribution >= 0.6 is 0 Å². The molecule has 9 heteroatoms. The number of aliphatic imine (C=N–C) groups is 1. The zero-order chi connectivity index (χ0) is 17.0. The topological polar surface area (TPSA) is 108 Å². The Morgan fingerprint density at radius 1 is 1.39 bits per heavy atom. The molecule has 132 valence electrons. The second-order valence-corrected chi connectivity index (χ2v) is 6.97. The summed E-state index contributed by atoms with van der Waals surface area (Å²) in [4.78, 5) is 6.73. The van der Waals surface area contributed by atoms with E-state index < -0.39 is 16.6 Å². The average molecular weight is 346 g/mol. The first-order valence-electron chi connectivity index (χ1n) is 8.09. The van der Waals surface area contributed by atoms with Gasteiger partial charge in [-0.1, -0.05) is 26.2 Å². The van der Waals surface area contributed by atoms with E-state index in [-0.39, 0.29) is 0 Å². The molecule has 0 aliphatic carbocycles. The van der Waals surface area contributed by atoms with Gasteiger partial charge in [0.1, 0.15) is 17.8 Å². The number of hydrogen-bond donors (Lipinski definition) is 2. The highest BCUT2D eigenvalue weighted by Gasteiger charge is 2.29. The average Bonchev–Trinajstić information content (AvgIpc) is 2.44. The van der Waals surface area contributed by atoms with Crippen LogP contribution in [0, 0.1) is 0 Å². The van der Waals surface area contributed by atoms with Crippen LogP contribution in [0.5, 0.6) is 0 Å². The molecule has 1 saturated heterocycles. The van der Waals surface area contributed by atoms with Crippen molar-refractivity contribution in [3.63, 3.8) is 0 Å². The van der Waals surface area contributed by atoms with Crippen LogP contribution < -0.4 is 5.73 Å². The quantitative estimate of drug-likeness (QED) is 0.745. The molecule has 0 radical (unpaired) electrons. The lowest BCUT2D eigenvalue weighted by Gasteiger charge is -2.37. The molecule has 0 aromatic rings. The van der Waals surface area contributed by atoms with Gasteiger partial charge >= 0.3 is 10.4 Å². The summed E-state index contributed by atoms with van der Waals surface area (Å²) in [6, 6.07) is 0.352. The van der Waals surface area contributed by atoms with Crippen molar-refractivity contribution in [2.75, 3.05) is 6.54 Å². The molecular weight excluding hydrogens is 320 g/mol. The summed E-state index contributed by atoms with van der Waals surface area (Å²) in [5, 5.41) is 0.938. The molecule has 0 saturated carbocycles. The third-order valence-corrected chi connectivity index (χ3v) is 4.53. The fraction of sp³-hybridized carbons (Fsp3) is 0.786. The van der Waals surface area contributed by atoms with Crippen molar-refractivity contribution in [3.05, 3.63) is 11.9 Å². The number of rotatable bonds is 4. The zero-order valence-electron chi connectivity index (χ0n) is 13.7. The Bertz CT molecular complexity index is 575. The Kier molecular flexibility index (Phi) is 6.01. The number of nitrogens with two attached hydrogens (primary N) is 1. The lowest BCUT2D eigenvalue weighted by Crippen LogP contribution is -2.49. The Labute approximate surface area is 137 Å². The summed E-state index contributed by atoms with van der Waals surface area (Å²) in [5.74, 6) is 1.13. The van der Waals surface area contributed by atoms with Crippen LogP contribution in [0.2, 0.25) is 0 Å². The summed E-state index contributed by atoms with van der Waals surface area (Å²) in [6.07, 6.45) is 7.12. The fourth-order valence-electron chi connectivity index (χ4n) is 2.99. The van der Waals surface area contributed by atoms with E-state index in [1.54, 1.807) is 6.08 Å². The van der Waals surface area contributed by atoms with Gasteiger partial charge in [-0.15, -0.1) is 4.28 Å².